The number of hydrogen-bond donors (Lipinski definition) is 1. The summed E-state index contributed by atoms with van der Waals surface area (Å²) in [4.78, 5) is 17.3. The predicted molar refractivity (Wildman–Crippen MR) is 126 cm³/mol. The Morgan fingerprint density at radius 3 is 2.68 bits per heavy atom. The number of aromatic nitrogens is 2. The Labute approximate surface area is 194 Å². The Morgan fingerprint density at radius 2 is 1.90 bits per heavy atom. The highest BCUT2D eigenvalue weighted by atomic mass is 79.9. The first-order valence-corrected chi connectivity index (χ1v) is 11.0. The Bertz CT molecular complexity index is 1210. The van der Waals surface area contributed by atoms with Crippen molar-refractivity contribution >= 4 is 44.5 Å². The molecule has 1 N–H and O–H groups in total. The lowest BCUT2D eigenvalue weighted by molar-refractivity contribution is -0.123. The third-order valence-electron chi connectivity index (χ3n) is 4.86. The average Bonchev–Trinajstić information content (AvgIpc) is 3.12. The third-order valence-corrected chi connectivity index (χ3v) is 5.61. The number of ether oxygens (including phenoxy) is 1. The minimum atomic E-state index is -0.291. The molecule has 7 heteroatoms. The zero-order valence-electron chi connectivity index (χ0n) is 16.9. The van der Waals surface area contributed by atoms with Gasteiger partial charge in [-0.2, -0.15) is 0 Å². The summed E-state index contributed by atoms with van der Waals surface area (Å²) < 4.78 is 8.72. The van der Waals surface area contributed by atoms with Crippen molar-refractivity contribution in [3.63, 3.8) is 0 Å². The lowest BCUT2D eigenvalue weighted by atomic mass is 10.2. The van der Waals surface area contributed by atoms with Crippen LogP contribution < -0.4 is 10.1 Å². The van der Waals surface area contributed by atoms with Crippen LogP contribution in [0.2, 0.25) is 5.02 Å². The van der Waals surface area contributed by atoms with Crippen molar-refractivity contribution in [2.45, 2.75) is 19.5 Å². The van der Waals surface area contributed by atoms with Gasteiger partial charge in [-0.25, -0.2) is 4.98 Å². The summed E-state index contributed by atoms with van der Waals surface area (Å²) in [5.74, 6) is 1.17. The number of halogens is 2. The van der Waals surface area contributed by atoms with E-state index in [1.54, 1.807) is 24.3 Å². The van der Waals surface area contributed by atoms with Crippen molar-refractivity contribution in [1.29, 1.82) is 0 Å². The molecular weight excluding hydrogens is 478 g/mol. The van der Waals surface area contributed by atoms with E-state index in [0.29, 0.717) is 17.3 Å². The van der Waals surface area contributed by atoms with Crippen LogP contribution in [-0.2, 0) is 11.3 Å². The molecule has 31 heavy (non-hydrogen) atoms. The van der Waals surface area contributed by atoms with Gasteiger partial charge in [0.25, 0.3) is 5.91 Å². The number of hydrogen-bond acceptors (Lipinski definition) is 3. The molecular formula is C24H21BrClN3O2. The van der Waals surface area contributed by atoms with Gasteiger partial charge in [-0.05, 0) is 61.0 Å². The maximum absolute atomic E-state index is 12.5. The van der Waals surface area contributed by atoms with Crippen molar-refractivity contribution in [1.82, 2.24) is 14.9 Å². The summed E-state index contributed by atoms with van der Waals surface area (Å²) in [7, 11) is 0. The van der Waals surface area contributed by atoms with E-state index in [0.717, 1.165) is 26.9 Å². The number of imidazole rings is 1. The second-order valence-electron chi connectivity index (χ2n) is 7.21. The maximum Gasteiger partial charge on any atom is 0.258 e. The molecule has 0 aliphatic heterocycles. The first-order valence-electron chi connectivity index (χ1n) is 9.87. The van der Waals surface area contributed by atoms with Gasteiger partial charge >= 0.3 is 0 Å². The van der Waals surface area contributed by atoms with Gasteiger partial charge in [-0.1, -0.05) is 51.8 Å². The zero-order chi connectivity index (χ0) is 21.8. The van der Waals surface area contributed by atoms with Gasteiger partial charge in [0.1, 0.15) is 11.6 Å². The van der Waals surface area contributed by atoms with Crippen molar-refractivity contribution in [2.24, 2.45) is 0 Å². The minimum absolute atomic E-state index is 0.0855. The van der Waals surface area contributed by atoms with Crippen LogP contribution in [0, 0.1) is 0 Å². The molecule has 1 atom stereocenters. The van der Waals surface area contributed by atoms with Crippen LogP contribution in [0.5, 0.6) is 5.75 Å². The standard InChI is InChI=1S/C24H21BrClN3O2/c1-16(27-23(30)15-31-20-11-9-19(26)10-12-20)24-28-21-7-2-3-8-22(21)29(24)14-17-5-4-6-18(25)13-17/h2-13,16H,14-15H2,1H3,(H,27,30). The molecule has 1 heterocycles. The number of nitrogens with zero attached hydrogens (tertiary/aromatic N) is 2. The highest BCUT2D eigenvalue weighted by molar-refractivity contribution is 9.10. The number of rotatable bonds is 7. The van der Waals surface area contributed by atoms with Crippen LogP contribution in [0.1, 0.15) is 24.4 Å². The summed E-state index contributed by atoms with van der Waals surface area (Å²) >= 11 is 9.41. The summed E-state index contributed by atoms with van der Waals surface area (Å²) in [6.07, 6.45) is 0. The fourth-order valence-electron chi connectivity index (χ4n) is 3.44. The first kappa shape index (κ1) is 21.4. The Hall–Kier alpha value is -2.83. The fraction of sp³-hybridized carbons (Fsp3) is 0.167. The number of amides is 1. The smallest absolute Gasteiger partial charge is 0.258 e. The molecule has 0 fully saturated rings. The van der Waals surface area contributed by atoms with Gasteiger partial charge in [-0.3, -0.25) is 4.79 Å². The molecule has 0 bridgehead atoms. The van der Waals surface area contributed by atoms with Gasteiger partial charge < -0.3 is 14.6 Å². The monoisotopic (exact) mass is 497 g/mol. The molecule has 1 unspecified atom stereocenters. The lowest BCUT2D eigenvalue weighted by Gasteiger charge is -2.17. The quantitative estimate of drug-likeness (QED) is 0.353. The molecule has 0 aliphatic carbocycles. The van der Waals surface area contributed by atoms with E-state index in [4.69, 9.17) is 21.3 Å². The molecule has 0 radical (unpaired) electrons. The van der Waals surface area contributed by atoms with E-state index >= 15 is 0 Å². The second-order valence-corrected chi connectivity index (χ2v) is 8.56. The molecule has 4 rings (SSSR count). The highest BCUT2D eigenvalue weighted by Crippen LogP contribution is 2.23. The average molecular weight is 499 g/mol. The van der Waals surface area contributed by atoms with Crippen LogP contribution in [0.15, 0.2) is 77.3 Å². The van der Waals surface area contributed by atoms with E-state index in [-0.39, 0.29) is 18.6 Å². The Kier molecular flexibility index (Phi) is 6.59. The maximum atomic E-state index is 12.5. The largest absolute Gasteiger partial charge is 0.484 e. The molecule has 1 amide bonds. The molecule has 0 saturated heterocycles. The Balaban J connectivity index is 1.52. The van der Waals surface area contributed by atoms with Crippen molar-refractivity contribution in [2.75, 3.05) is 6.61 Å². The summed E-state index contributed by atoms with van der Waals surface area (Å²) in [5.41, 5.74) is 3.06. The van der Waals surface area contributed by atoms with Crippen molar-refractivity contribution in [3.8, 4) is 5.75 Å². The van der Waals surface area contributed by atoms with E-state index in [1.807, 2.05) is 43.3 Å². The number of fused-ring (bicyclic) bond motifs is 1. The SMILES string of the molecule is CC(NC(=O)COc1ccc(Cl)cc1)c1nc2ccccc2n1Cc1cccc(Br)c1. The Morgan fingerprint density at radius 1 is 1.13 bits per heavy atom. The van der Waals surface area contributed by atoms with Crippen LogP contribution in [0.3, 0.4) is 0 Å². The summed E-state index contributed by atoms with van der Waals surface area (Å²) in [5, 5.41) is 3.61. The molecule has 0 spiro atoms. The number of carbonyl (C=O) groups is 1. The van der Waals surface area contributed by atoms with E-state index in [9.17, 15) is 4.79 Å². The lowest BCUT2D eigenvalue weighted by Crippen LogP contribution is -2.32. The predicted octanol–water partition coefficient (Wildman–Crippen LogP) is 5.76. The van der Waals surface area contributed by atoms with Crippen molar-refractivity contribution in [3.05, 3.63) is 93.7 Å². The molecule has 0 aliphatic rings. The summed E-state index contributed by atoms with van der Waals surface area (Å²) in [6, 6.07) is 22.8. The molecule has 0 saturated carbocycles. The molecule has 158 valence electrons. The topological polar surface area (TPSA) is 56.1 Å². The van der Waals surface area contributed by atoms with E-state index < -0.39 is 0 Å². The fourth-order valence-corrected chi connectivity index (χ4v) is 4.01. The van der Waals surface area contributed by atoms with Crippen LogP contribution in [0.4, 0.5) is 0 Å². The second kappa shape index (κ2) is 9.54. The first-order chi connectivity index (χ1) is 15.0. The molecule has 3 aromatic carbocycles. The normalized spacial score (nSPS) is 12.0. The number of para-hydroxylation sites is 2. The van der Waals surface area contributed by atoms with Gasteiger partial charge in [0.15, 0.2) is 6.61 Å². The van der Waals surface area contributed by atoms with Crippen molar-refractivity contribution < 1.29 is 9.53 Å². The van der Waals surface area contributed by atoms with Crippen LogP contribution in [-0.4, -0.2) is 22.1 Å². The van der Waals surface area contributed by atoms with E-state index in [2.05, 4.69) is 37.9 Å². The van der Waals surface area contributed by atoms with Gasteiger partial charge in [-0.15, -0.1) is 0 Å². The zero-order valence-corrected chi connectivity index (χ0v) is 19.2. The molecule has 1 aromatic heterocycles. The molecule has 5 nitrogen and oxygen atoms in total. The van der Waals surface area contributed by atoms with Gasteiger partial charge in [0.2, 0.25) is 0 Å². The number of benzene rings is 3. The number of carbonyl (C=O) groups excluding carboxylic acids is 1. The number of nitrogens with one attached hydrogen (secondary N) is 1. The van der Waals surface area contributed by atoms with Crippen LogP contribution >= 0.6 is 27.5 Å². The van der Waals surface area contributed by atoms with Crippen LogP contribution in [0.25, 0.3) is 11.0 Å². The van der Waals surface area contributed by atoms with Gasteiger partial charge in [0.05, 0.1) is 17.1 Å². The third kappa shape index (κ3) is 5.27. The van der Waals surface area contributed by atoms with E-state index in [1.165, 1.54) is 0 Å². The summed E-state index contributed by atoms with van der Waals surface area (Å²) in [6.45, 7) is 2.49. The molecule has 4 aromatic rings. The minimum Gasteiger partial charge on any atom is -0.484 e. The van der Waals surface area contributed by atoms with Gasteiger partial charge in [0, 0.05) is 16.0 Å². The highest BCUT2D eigenvalue weighted by Gasteiger charge is 2.19.